The van der Waals surface area contributed by atoms with Gasteiger partial charge in [0.15, 0.2) is 0 Å². The number of hydrogen-bond donors (Lipinski definition) is 1. The first-order chi connectivity index (χ1) is 15.6. The molecule has 0 spiro atoms. The molecule has 4 aliphatic heterocycles. The molecule has 1 aromatic carbocycles. The molecule has 4 aliphatic rings. The average molecular weight is 432 g/mol. The van der Waals surface area contributed by atoms with Gasteiger partial charge < -0.3 is 14.7 Å². The fraction of sp³-hybridized carbons (Fsp3) is 0.519. The number of terminal acetylenes is 1. The highest BCUT2D eigenvalue weighted by molar-refractivity contribution is 5.47. The molecule has 168 valence electrons. The van der Waals surface area contributed by atoms with Gasteiger partial charge in [-0.1, -0.05) is 42.3 Å². The van der Waals surface area contributed by atoms with E-state index in [2.05, 4.69) is 52.1 Å². The summed E-state index contributed by atoms with van der Waals surface area (Å²) < 4.78 is 5.84. The van der Waals surface area contributed by atoms with Gasteiger partial charge in [-0.05, 0) is 56.8 Å². The van der Waals surface area contributed by atoms with Gasteiger partial charge in [-0.25, -0.2) is 4.98 Å². The van der Waals surface area contributed by atoms with Gasteiger partial charge in [0.1, 0.15) is 17.5 Å². The first kappa shape index (κ1) is 21.5. The molecule has 2 aromatic rings. The highest BCUT2D eigenvalue weighted by Crippen LogP contribution is 2.48. The van der Waals surface area contributed by atoms with Crippen LogP contribution in [0.2, 0.25) is 0 Å². The van der Waals surface area contributed by atoms with Gasteiger partial charge in [-0.2, -0.15) is 0 Å². The normalized spacial score (nSPS) is 31.6. The molecule has 4 fully saturated rings. The van der Waals surface area contributed by atoms with Crippen LogP contribution in [-0.4, -0.2) is 59.9 Å². The first-order valence-corrected chi connectivity index (χ1v) is 12.0. The van der Waals surface area contributed by atoms with E-state index >= 15 is 0 Å². The highest BCUT2D eigenvalue weighted by atomic mass is 16.5. The zero-order chi connectivity index (χ0) is 22.1. The Morgan fingerprint density at radius 3 is 2.62 bits per heavy atom. The van der Waals surface area contributed by atoms with Gasteiger partial charge in [-0.15, -0.1) is 6.42 Å². The van der Waals surface area contributed by atoms with Gasteiger partial charge in [0, 0.05) is 31.7 Å². The number of nitrogens with zero attached hydrogens (tertiary/aromatic N) is 3. The number of fused-ring (bicyclic) bond motifs is 3. The largest absolute Gasteiger partial charge is 0.382 e. The van der Waals surface area contributed by atoms with Gasteiger partial charge >= 0.3 is 0 Å². The van der Waals surface area contributed by atoms with Crippen LogP contribution in [-0.2, 0) is 16.8 Å². The summed E-state index contributed by atoms with van der Waals surface area (Å²) in [4.78, 5) is 9.72. The van der Waals surface area contributed by atoms with Crippen LogP contribution < -0.4 is 4.90 Å². The topological polar surface area (TPSA) is 48.8 Å². The number of aliphatic hydroxyl groups is 1. The number of pyridine rings is 1. The lowest BCUT2D eigenvalue weighted by Crippen LogP contribution is -2.63. The summed E-state index contributed by atoms with van der Waals surface area (Å²) >= 11 is 0. The second-order valence-corrected chi connectivity index (χ2v) is 9.34. The summed E-state index contributed by atoms with van der Waals surface area (Å²) in [5.41, 5.74) is 1.97. The third kappa shape index (κ3) is 3.71. The Hall–Kier alpha value is -2.39. The van der Waals surface area contributed by atoms with Crippen molar-refractivity contribution in [3.63, 3.8) is 0 Å². The van der Waals surface area contributed by atoms with E-state index in [0.717, 1.165) is 69.1 Å². The molecule has 0 aliphatic carbocycles. The van der Waals surface area contributed by atoms with Gasteiger partial charge in [0.2, 0.25) is 0 Å². The van der Waals surface area contributed by atoms with Crippen molar-refractivity contribution in [1.29, 1.82) is 0 Å². The molecule has 0 radical (unpaired) electrons. The van der Waals surface area contributed by atoms with Gasteiger partial charge in [0.25, 0.3) is 0 Å². The SMILES string of the molecule is C#CC1N2CCC(CC2)[C@@]1(O)c1ccc(N2CC[C@H](OCC)C2)nc1Cc1ccccc1. The number of piperidine rings is 3. The third-order valence-electron chi connectivity index (χ3n) is 7.57. The van der Waals surface area contributed by atoms with Crippen molar-refractivity contribution in [2.45, 2.75) is 50.4 Å². The van der Waals surface area contributed by atoms with Crippen LogP contribution in [0.5, 0.6) is 0 Å². The standard InChI is InChI=1S/C27H33N3O2/c1-3-25-27(31,21-12-15-29(25)16-13-21)23-10-11-26(30-17-14-22(19-30)32-4-2)28-24(23)18-20-8-6-5-7-9-20/h1,5-11,21-22,25,31H,4,12-19H2,2H3/t22-,25?,27+/m0/s1. The maximum Gasteiger partial charge on any atom is 0.128 e. The van der Waals surface area contributed by atoms with Gasteiger partial charge in [-0.3, -0.25) is 4.90 Å². The fourth-order valence-electron chi connectivity index (χ4n) is 5.96. The Labute approximate surface area is 191 Å². The van der Waals surface area contributed by atoms with Crippen LogP contribution in [0.15, 0.2) is 42.5 Å². The molecule has 32 heavy (non-hydrogen) atoms. The van der Waals surface area contributed by atoms with E-state index in [0.29, 0.717) is 6.42 Å². The highest BCUT2D eigenvalue weighted by Gasteiger charge is 2.54. The zero-order valence-electron chi connectivity index (χ0n) is 18.9. The predicted octanol–water partition coefficient (Wildman–Crippen LogP) is 3.20. The summed E-state index contributed by atoms with van der Waals surface area (Å²) in [6.07, 6.45) is 9.89. The molecule has 3 atom stereocenters. The van der Waals surface area contributed by atoms with Crippen molar-refractivity contribution in [3.8, 4) is 12.3 Å². The smallest absolute Gasteiger partial charge is 0.128 e. The number of ether oxygens (including phenoxy) is 1. The van der Waals surface area contributed by atoms with E-state index < -0.39 is 5.60 Å². The lowest BCUT2D eigenvalue weighted by Gasteiger charge is -2.54. The van der Waals surface area contributed by atoms with Crippen molar-refractivity contribution in [2.75, 3.05) is 37.7 Å². The van der Waals surface area contributed by atoms with E-state index in [-0.39, 0.29) is 18.1 Å². The van der Waals surface area contributed by atoms with Crippen LogP contribution in [0.3, 0.4) is 0 Å². The Morgan fingerprint density at radius 1 is 1.12 bits per heavy atom. The molecular weight excluding hydrogens is 398 g/mol. The summed E-state index contributed by atoms with van der Waals surface area (Å²) in [5.74, 6) is 4.06. The molecule has 5 heteroatoms. The van der Waals surface area contributed by atoms with E-state index in [4.69, 9.17) is 16.1 Å². The number of rotatable bonds is 6. The van der Waals surface area contributed by atoms with Gasteiger partial charge in [0.05, 0.1) is 11.8 Å². The maximum atomic E-state index is 12.2. The van der Waals surface area contributed by atoms with E-state index in [1.807, 2.05) is 13.0 Å². The number of hydrogen-bond acceptors (Lipinski definition) is 5. The van der Waals surface area contributed by atoms with E-state index in [1.54, 1.807) is 0 Å². The minimum absolute atomic E-state index is 0.171. The van der Waals surface area contributed by atoms with Crippen LogP contribution in [0.1, 0.15) is 43.0 Å². The first-order valence-electron chi connectivity index (χ1n) is 12.0. The van der Waals surface area contributed by atoms with E-state index in [1.165, 1.54) is 5.56 Å². The van der Waals surface area contributed by atoms with Crippen molar-refractivity contribution in [3.05, 3.63) is 59.3 Å². The summed E-state index contributed by atoms with van der Waals surface area (Å²) in [7, 11) is 0. The quantitative estimate of drug-likeness (QED) is 0.712. The summed E-state index contributed by atoms with van der Waals surface area (Å²) in [6, 6.07) is 14.3. The van der Waals surface area contributed by atoms with Crippen LogP contribution in [0.25, 0.3) is 0 Å². The van der Waals surface area contributed by atoms with Crippen molar-refractivity contribution in [2.24, 2.45) is 5.92 Å². The van der Waals surface area contributed by atoms with Crippen LogP contribution in [0, 0.1) is 18.3 Å². The van der Waals surface area contributed by atoms with Crippen LogP contribution in [0.4, 0.5) is 5.82 Å². The molecular formula is C27H33N3O2. The Morgan fingerprint density at radius 2 is 1.91 bits per heavy atom. The molecule has 4 saturated heterocycles. The Balaban J connectivity index is 1.54. The number of benzene rings is 1. The monoisotopic (exact) mass is 431 g/mol. The van der Waals surface area contributed by atoms with Crippen molar-refractivity contribution in [1.82, 2.24) is 9.88 Å². The molecule has 5 nitrogen and oxygen atoms in total. The minimum Gasteiger partial charge on any atom is -0.382 e. The number of anilines is 1. The lowest BCUT2D eigenvalue weighted by atomic mass is 9.66. The maximum absolute atomic E-state index is 12.2. The predicted molar refractivity (Wildman–Crippen MR) is 127 cm³/mol. The average Bonchev–Trinajstić information content (AvgIpc) is 3.29. The number of aromatic nitrogens is 1. The molecule has 0 amide bonds. The molecule has 6 rings (SSSR count). The molecule has 1 unspecified atom stereocenters. The molecule has 5 heterocycles. The third-order valence-corrected chi connectivity index (χ3v) is 7.57. The van der Waals surface area contributed by atoms with Crippen molar-refractivity contribution >= 4 is 5.82 Å². The fourth-order valence-corrected chi connectivity index (χ4v) is 5.96. The summed E-state index contributed by atoms with van der Waals surface area (Å²) in [5, 5.41) is 12.2. The molecule has 1 aromatic heterocycles. The molecule has 2 bridgehead atoms. The zero-order valence-corrected chi connectivity index (χ0v) is 18.9. The minimum atomic E-state index is -1.06. The molecule has 0 saturated carbocycles. The molecule has 1 N–H and O–H groups in total. The lowest BCUT2D eigenvalue weighted by molar-refractivity contribution is -0.143. The second-order valence-electron chi connectivity index (χ2n) is 9.34. The van der Waals surface area contributed by atoms with Crippen LogP contribution >= 0.6 is 0 Å². The summed E-state index contributed by atoms with van der Waals surface area (Å²) in [6.45, 7) is 6.52. The van der Waals surface area contributed by atoms with E-state index in [9.17, 15) is 5.11 Å². The van der Waals surface area contributed by atoms with Crippen molar-refractivity contribution < 1.29 is 9.84 Å². The second kappa shape index (κ2) is 8.86. The Bertz CT molecular complexity index is 980. The Kier molecular flexibility index (Phi) is 5.94.